The van der Waals surface area contributed by atoms with Crippen LogP contribution >= 0.6 is 0 Å². The minimum atomic E-state index is -0.257. The number of carbonyl (C=O) groups excluding carboxylic acids is 1. The summed E-state index contributed by atoms with van der Waals surface area (Å²) in [5.41, 5.74) is 0.782. The van der Waals surface area contributed by atoms with E-state index in [1.54, 1.807) is 11.6 Å². The average Bonchev–Trinajstić information content (AvgIpc) is 2.81. The summed E-state index contributed by atoms with van der Waals surface area (Å²) < 4.78 is 1.68. The molecule has 7 nitrogen and oxygen atoms in total. The van der Waals surface area contributed by atoms with Gasteiger partial charge in [-0.3, -0.25) is 9.48 Å². The van der Waals surface area contributed by atoms with Gasteiger partial charge in [0, 0.05) is 32.4 Å². The molecule has 0 aliphatic heterocycles. The Bertz CT molecular complexity index is 366. The molecule has 0 saturated heterocycles. The lowest BCUT2D eigenvalue weighted by Crippen LogP contribution is -2.41. The maximum atomic E-state index is 11.5. The zero-order valence-electron chi connectivity index (χ0n) is 10.9. The molecule has 0 fully saturated rings. The van der Waals surface area contributed by atoms with Crippen LogP contribution in [0, 0.1) is 0 Å². The highest BCUT2D eigenvalue weighted by molar-refractivity contribution is 5.81. The molecule has 7 heteroatoms. The summed E-state index contributed by atoms with van der Waals surface area (Å²) in [4.78, 5) is 11.5. The van der Waals surface area contributed by atoms with Crippen molar-refractivity contribution in [3.05, 3.63) is 11.9 Å². The molecule has 1 amide bonds. The van der Waals surface area contributed by atoms with Crippen molar-refractivity contribution in [2.45, 2.75) is 39.4 Å². The van der Waals surface area contributed by atoms with Crippen molar-refractivity contribution >= 4 is 5.91 Å². The quantitative estimate of drug-likeness (QED) is 0.570. The van der Waals surface area contributed by atoms with Crippen LogP contribution in [-0.2, 0) is 17.9 Å². The molecule has 0 saturated carbocycles. The van der Waals surface area contributed by atoms with E-state index in [0.29, 0.717) is 26.1 Å². The molecule has 1 rings (SSSR count). The first-order valence-electron chi connectivity index (χ1n) is 6.18. The number of aromatic nitrogens is 3. The topological polar surface area (TPSA) is 92.1 Å². The van der Waals surface area contributed by atoms with Crippen molar-refractivity contribution in [2.24, 2.45) is 0 Å². The second-order valence-corrected chi connectivity index (χ2v) is 4.05. The van der Waals surface area contributed by atoms with Crippen LogP contribution in [0.25, 0.3) is 0 Å². The molecular weight excluding hydrogens is 234 g/mol. The molecular formula is C11H21N5O2. The summed E-state index contributed by atoms with van der Waals surface area (Å²) in [6, 6.07) is -0.257. The van der Waals surface area contributed by atoms with Gasteiger partial charge in [-0.15, -0.1) is 5.10 Å². The van der Waals surface area contributed by atoms with Gasteiger partial charge in [-0.1, -0.05) is 5.21 Å². The molecule has 1 atom stereocenters. The summed E-state index contributed by atoms with van der Waals surface area (Å²) in [5, 5.41) is 22.4. The first-order valence-corrected chi connectivity index (χ1v) is 6.18. The molecule has 0 aliphatic rings. The van der Waals surface area contributed by atoms with Crippen LogP contribution in [0.4, 0.5) is 0 Å². The van der Waals surface area contributed by atoms with E-state index in [-0.39, 0.29) is 18.6 Å². The Hall–Kier alpha value is -1.47. The fourth-order valence-corrected chi connectivity index (χ4v) is 1.44. The van der Waals surface area contributed by atoms with Gasteiger partial charge in [-0.2, -0.15) is 0 Å². The molecule has 1 unspecified atom stereocenters. The van der Waals surface area contributed by atoms with Gasteiger partial charge in [0.15, 0.2) is 0 Å². The molecule has 18 heavy (non-hydrogen) atoms. The average molecular weight is 255 g/mol. The number of aliphatic hydroxyl groups excluding tert-OH is 1. The second kappa shape index (κ2) is 7.78. The van der Waals surface area contributed by atoms with E-state index in [1.807, 2.05) is 13.1 Å². The number of hydrogen-bond acceptors (Lipinski definition) is 5. The summed E-state index contributed by atoms with van der Waals surface area (Å²) >= 11 is 0. The molecule has 0 aliphatic carbocycles. The van der Waals surface area contributed by atoms with E-state index in [9.17, 15) is 4.79 Å². The molecule has 1 heterocycles. The maximum Gasteiger partial charge on any atom is 0.236 e. The number of nitrogens with one attached hydrogen (secondary N) is 2. The van der Waals surface area contributed by atoms with Crippen LogP contribution in [0.1, 0.15) is 26.0 Å². The Morgan fingerprint density at radius 2 is 2.39 bits per heavy atom. The number of hydrogen-bond donors (Lipinski definition) is 3. The van der Waals surface area contributed by atoms with E-state index in [2.05, 4.69) is 20.9 Å². The minimum absolute atomic E-state index is 0.0230. The number of carbonyl (C=O) groups is 1. The van der Waals surface area contributed by atoms with Gasteiger partial charge >= 0.3 is 0 Å². The van der Waals surface area contributed by atoms with Crippen molar-refractivity contribution in [3.63, 3.8) is 0 Å². The summed E-state index contributed by atoms with van der Waals surface area (Å²) in [5.74, 6) is -0.0230. The predicted octanol–water partition coefficient (Wildman–Crippen LogP) is -0.725. The van der Waals surface area contributed by atoms with Crippen LogP contribution in [0.5, 0.6) is 0 Å². The van der Waals surface area contributed by atoms with Crippen molar-refractivity contribution in [1.82, 2.24) is 25.6 Å². The molecule has 3 N–H and O–H groups in total. The van der Waals surface area contributed by atoms with Crippen LogP contribution in [0.2, 0.25) is 0 Å². The van der Waals surface area contributed by atoms with Crippen LogP contribution in [0.3, 0.4) is 0 Å². The van der Waals surface area contributed by atoms with Gasteiger partial charge in [0.25, 0.3) is 0 Å². The second-order valence-electron chi connectivity index (χ2n) is 4.05. The smallest absolute Gasteiger partial charge is 0.236 e. The van der Waals surface area contributed by atoms with E-state index < -0.39 is 0 Å². The van der Waals surface area contributed by atoms with Gasteiger partial charge in [0.05, 0.1) is 11.7 Å². The van der Waals surface area contributed by atoms with Crippen LogP contribution in [-0.4, -0.2) is 45.2 Å². The molecule has 1 aromatic rings. The van der Waals surface area contributed by atoms with E-state index >= 15 is 0 Å². The van der Waals surface area contributed by atoms with Crippen LogP contribution < -0.4 is 10.6 Å². The molecule has 0 spiro atoms. The van der Waals surface area contributed by atoms with E-state index in [4.69, 9.17) is 5.11 Å². The Labute approximate surface area is 107 Å². The summed E-state index contributed by atoms with van der Waals surface area (Å²) in [6.45, 7) is 5.61. The van der Waals surface area contributed by atoms with E-state index in [0.717, 1.165) is 5.69 Å². The third-order valence-electron chi connectivity index (χ3n) is 2.47. The molecule has 0 bridgehead atoms. The molecule has 102 valence electrons. The number of amides is 1. The fraction of sp³-hybridized carbons (Fsp3) is 0.727. The zero-order valence-corrected chi connectivity index (χ0v) is 10.9. The highest BCUT2D eigenvalue weighted by Gasteiger charge is 2.11. The zero-order chi connectivity index (χ0) is 13.4. The standard InChI is InChI=1S/C11H21N5O2/c1-3-12-11(18)9(2)13-7-10-8-16(15-14-10)5-4-6-17/h8-9,13,17H,3-7H2,1-2H3,(H,12,18). The lowest BCUT2D eigenvalue weighted by atomic mass is 10.3. The maximum absolute atomic E-state index is 11.5. The van der Waals surface area contributed by atoms with Crippen molar-refractivity contribution < 1.29 is 9.90 Å². The number of rotatable bonds is 8. The first-order chi connectivity index (χ1) is 8.67. The Morgan fingerprint density at radius 3 is 3.06 bits per heavy atom. The minimum Gasteiger partial charge on any atom is -0.396 e. The van der Waals surface area contributed by atoms with E-state index in [1.165, 1.54) is 0 Å². The number of aliphatic hydroxyl groups is 1. The predicted molar refractivity (Wildman–Crippen MR) is 66.7 cm³/mol. The largest absolute Gasteiger partial charge is 0.396 e. The molecule has 1 aromatic heterocycles. The van der Waals surface area contributed by atoms with Crippen LogP contribution in [0.15, 0.2) is 6.20 Å². The SMILES string of the molecule is CCNC(=O)C(C)NCc1cn(CCCO)nn1. The van der Waals surface area contributed by atoms with Crippen molar-refractivity contribution in [1.29, 1.82) is 0 Å². The monoisotopic (exact) mass is 255 g/mol. The Balaban J connectivity index is 2.34. The number of aryl methyl sites for hydroxylation is 1. The first kappa shape index (κ1) is 14.6. The molecule has 0 aromatic carbocycles. The van der Waals surface area contributed by atoms with Gasteiger partial charge in [-0.25, -0.2) is 0 Å². The molecule has 0 radical (unpaired) electrons. The van der Waals surface area contributed by atoms with Crippen molar-refractivity contribution in [3.8, 4) is 0 Å². The number of nitrogens with zero attached hydrogens (tertiary/aromatic N) is 3. The lowest BCUT2D eigenvalue weighted by molar-refractivity contribution is -0.122. The Morgan fingerprint density at radius 1 is 1.61 bits per heavy atom. The van der Waals surface area contributed by atoms with Crippen molar-refractivity contribution in [2.75, 3.05) is 13.2 Å². The fourth-order valence-electron chi connectivity index (χ4n) is 1.44. The highest BCUT2D eigenvalue weighted by Crippen LogP contribution is 1.95. The van der Waals surface area contributed by atoms with Gasteiger partial charge in [0.1, 0.15) is 0 Å². The third-order valence-corrected chi connectivity index (χ3v) is 2.47. The summed E-state index contributed by atoms with van der Waals surface area (Å²) in [6.07, 6.45) is 2.47. The van der Waals surface area contributed by atoms with Gasteiger partial charge < -0.3 is 15.7 Å². The van der Waals surface area contributed by atoms with Gasteiger partial charge in [-0.05, 0) is 20.3 Å². The summed E-state index contributed by atoms with van der Waals surface area (Å²) in [7, 11) is 0. The highest BCUT2D eigenvalue weighted by atomic mass is 16.3. The Kier molecular flexibility index (Phi) is 6.31. The lowest BCUT2D eigenvalue weighted by Gasteiger charge is -2.11. The number of likely N-dealkylation sites (N-methyl/N-ethyl adjacent to an activating group) is 1. The normalized spacial score (nSPS) is 12.4. The third kappa shape index (κ3) is 4.80. The van der Waals surface area contributed by atoms with Gasteiger partial charge in [0.2, 0.25) is 5.91 Å².